The second-order valence-electron chi connectivity index (χ2n) is 5.78. The average Bonchev–Trinajstić information content (AvgIpc) is 2.86. The van der Waals surface area contributed by atoms with Crippen molar-refractivity contribution in [2.45, 2.75) is 19.2 Å². The molecule has 2 aromatic heterocycles. The average molecular weight is 329 g/mol. The summed E-state index contributed by atoms with van der Waals surface area (Å²) in [4.78, 5) is 4.56. The van der Waals surface area contributed by atoms with E-state index >= 15 is 0 Å². The zero-order chi connectivity index (χ0) is 16.4. The van der Waals surface area contributed by atoms with E-state index in [4.69, 9.17) is 0 Å². The van der Waals surface area contributed by atoms with Crippen LogP contribution in [0.5, 0.6) is 0 Å². The maximum Gasteiger partial charge on any atom is 0.151 e. The Morgan fingerprint density at radius 2 is 1.91 bits per heavy atom. The summed E-state index contributed by atoms with van der Waals surface area (Å²) in [6, 6.07) is 11.5. The Morgan fingerprint density at radius 3 is 2.70 bits per heavy atom. The monoisotopic (exact) mass is 329 g/mol. The number of imidazole rings is 1. The van der Waals surface area contributed by atoms with E-state index in [0.29, 0.717) is 6.54 Å². The number of para-hydroxylation sites is 1. The van der Waals surface area contributed by atoms with Gasteiger partial charge in [0.2, 0.25) is 0 Å². The van der Waals surface area contributed by atoms with Gasteiger partial charge in [0.15, 0.2) is 9.84 Å². The van der Waals surface area contributed by atoms with Gasteiger partial charge in [0, 0.05) is 24.3 Å². The molecule has 0 atom stereocenters. The van der Waals surface area contributed by atoms with Gasteiger partial charge in [-0.15, -0.1) is 0 Å². The Labute approximate surface area is 135 Å². The lowest BCUT2D eigenvalue weighted by Gasteiger charge is -2.10. The fraction of sp³-hybridized carbons (Fsp3) is 0.235. The van der Waals surface area contributed by atoms with Crippen molar-refractivity contribution in [3.8, 4) is 0 Å². The minimum absolute atomic E-state index is 0.0283. The molecular formula is C17H19N3O2S. The maximum atomic E-state index is 11.5. The highest BCUT2D eigenvalue weighted by Crippen LogP contribution is 2.18. The van der Waals surface area contributed by atoms with Gasteiger partial charge in [-0.05, 0) is 30.2 Å². The summed E-state index contributed by atoms with van der Waals surface area (Å²) < 4.78 is 25.1. The molecule has 0 aliphatic carbocycles. The number of aromatic nitrogens is 2. The van der Waals surface area contributed by atoms with E-state index in [1.807, 2.05) is 60.1 Å². The highest BCUT2D eigenvalue weighted by molar-refractivity contribution is 7.89. The molecule has 3 aromatic rings. The van der Waals surface area contributed by atoms with Crippen LogP contribution in [0.2, 0.25) is 0 Å². The summed E-state index contributed by atoms with van der Waals surface area (Å²) in [7, 11) is -3.07. The van der Waals surface area contributed by atoms with Crippen LogP contribution in [0.25, 0.3) is 5.65 Å². The summed E-state index contributed by atoms with van der Waals surface area (Å²) in [5.74, 6) is 0.0283. The molecule has 120 valence electrons. The van der Waals surface area contributed by atoms with Gasteiger partial charge >= 0.3 is 0 Å². The van der Waals surface area contributed by atoms with Gasteiger partial charge in [0.05, 0.1) is 18.0 Å². The van der Waals surface area contributed by atoms with Gasteiger partial charge in [0.25, 0.3) is 0 Å². The van der Waals surface area contributed by atoms with Crippen LogP contribution in [0.1, 0.15) is 16.8 Å². The summed E-state index contributed by atoms with van der Waals surface area (Å²) in [5, 5.41) is 3.29. The van der Waals surface area contributed by atoms with Gasteiger partial charge in [0.1, 0.15) is 5.65 Å². The molecule has 3 rings (SSSR count). The van der Waals surface area contributed by atoms with E-state index in [1.54, 1.807) is 0 Å². The van der Waals surface area contributed by atoms with Crippen molar-refractivity contribution in [3.63, 3.8) is 0 Å². The highest BCUT2D eigenvalue weighted by Gasteiger charge is 2.09. The minimum Gasteiger partial charge on any atom is -0.379 e. The Balaban J connectivity index is 1.79. The SMILES string of the molecule is Cc1ccc2nc(CNc3ccccc3CS(C)(=O)=O)cn2c1. The molecule has 0 aliphatic heterocycles. The predicted octanol–water partition coefficient (Wildman–Crippen LogP) is 2.80. The van der Waals surface area contributed by atoms with Crippen molar-refractivity contribution in [1.29, 1.82) is 0 Å². The first-order chi connectivity index (χ1) is 10.9. The Kier molecular flexibility index (Phi) is 4.09. The van der Waals surface area contributed by atoms with Crippen LogP contribution in [-0.4, -0.2) is 24.1 Å². The number of rotatable bonds is 5. The molecule has 6 heteroatoms. The quantitative estimate of drug-likeness (QED) is 0.782. The fourth-order valence-corrected chi connectivity index (χ4v) is 3.34. The number of fused-ring (bicyclic) bond motifs is 1. The number of hydrogen-bond acceptors (Lipinski definition) is 4. The van der Waals surface area contributed by atoms with E-state index in [9.17, 15) is 8.42 Å². The molecule has 0 radical (unpaired) electrons. The maximum absolute atomic E-state index is 11.5. The lowest BCUT2D eigenvalue weighted by Crippen LogP contribution is -2.06. The second kappa shape index (κ2) is 6.04. The molecule has 0 saturated heterocycles. The molecule has 0 bridgehead atoms. The number of aryl methyl sites for hydroxylation is 1. The zero-order valence-corrected chi connectivity index (χ0v) is 14.0. The number of pyridine rings is 1. The highest BCUT2D eigenvalue weighted by atomic mass is 32.2. The Morgan fingerprint density at radius 1 is 1.13 bits per heavy atom. The molecule has 0 spiro atoms. The molecule has 5 nitrogen and oxygen atoms in total. The third-order valence-corrected chi connectivity index (χ3v) is 4.38. The van der Waals surface area contributed by atoms with Crippen LogP contribution in [0, 0.1) is 6.92 Å². The van der Waals surface area contributed by atoms with Gasteiger partial charge in [-0.3, -0.25) is 0 Å². The normalized spacial score (nSPS) is 11.7. The van der Waals surface area contributed by atoms with Crippen molar-refractivity contribution in [3.05, 3.63) is 65.6 Å². The number of benzene rings is 1. The lowest BCUT2D eigenvalue weighted by molar-refractivity contribution is 0.601. The third-order valence-electron chi connectivity index (χ3n) is 3.54. The van der Waals surface area contributed by atoms with Gasteiger partial charge in [-0.25, -0.2) is 13.4 Å². The van der Waals surface area contributed by atoms with Crippen LogP contribution in [-0.2, 0) is 22.1 Å². The van der Waals surface area contributed by atoms with Crippen molar-refractivity contribution < 1.29 is 8.42 Å². The first-order valence-corrected chi connectivity index (χ1v) is 9.40. The minimum atomic E-state index is -3.07. The van der Waals surface area contributed by atoms with E-state index < -0.39 is 9.84 Å². The van der Waals surface area contributed by atoms with E-state index in [2.05, 4.69) is 10.3 Å². The van der Waals surface area contributed by atoms with Gasteiger partial charge in [-0.2, -0.15) is 0 Å². The molecule has 0 unspecified atom stereocenters. The van der Waals surface area contributed by atoms with Crippen LogP contribution in [0.3, 0.4) is 0 Å². The third kappa shape index (κ3) is 3.90. The van der Waals surface area contributed by atoms with Crippen LogP contribution in [0.4, 0.5) is 5.69 Å². The lowest BCUT2D eigenvalue weighted by atomic mass is 10.2. The predicted molar refractivity (Wildman–Crippen MR) is 92.2 cm³/mol. The number of nitrogens with one attached hydrogen (secondary N) is 1. The standard InChI is InChI=1S/C17H19N3O2S/c1-13-7-8-17-19-15(11-20(17)10-13)9-18-16-6-4-3-5-14(16)12-23(2,21)22/h3-8,10-11,18H,9,12H2,1-2H3. The number of anilines is 1. The zero-order valence-electron chi connectivity index (χ0n) is 13.2. The number of sulfone groups is 1. The molecule has 1 aromatic carbocycles. The van der Waals surface area contributed by atoms with Crippen LogP contribution in [0.15, 0.2) is 48.8 Å². The van der Waals surface area contributed by atoms with Gasteiger partial charge < -0.3 is 9.72 Å². The Hall–Kier alpha value is -2.34. The largest absolute Gasteiger partial charge is 0.379 e. The van der Waals surface area contributed by atoms with E-state index in [1.165, 1.54) is 11.8 Å². The van der Waals surface area contributed by atoms with E-state index in [-0.39, 0.29) is 5.75 Å². The van der Waals surface area contributed by atoms with Crippen molar-refractivity contribution in [2.24, 2.45) is 0 Å². The number of hydrogen-bond donors (Lipinski definition) is 1. The summed E-state index contributed by atoms with van der Waals surface area (Å²) in [6.07, 6.45) is 5.26. The molecular weight excluding hydrogens is 310 g/mol. The summed E-state index contributed by atoms with van der Waals surface area (Å²) in [6.45, 7) is 2.58. The molecule has 0 amide bonds. The molecule has 0 fully saturated rings. The van der Waals surface area contributed by atoms with E-state index in [0.717, 1.165) is 22.6 Å². The van der Waals surface area contributed by atoms with Crippen molar-refractivity contribution >= 4 is 21.2 Å². The topological polar surface area (TPSA) is 63.5 Å². The Bertz CT molecular complexity index is 945. The first kappa shape index (κ1) is 15.6. The van der Waals surface area contributed by atoms with Gasteiger partial charge in [-0.1, -0.05) is 24.3 Å². The smallest absolute Gasteiger partial charge is 0.151 e. The van der Waals surface area contributed by atoms with Crippen molar-refractivity contribution in [2.75, 3.05) is 11.6 Å². The first-order valence-electron chi connectivity index (χ1n) is 7.34. The van der Waals surface area contributed by atoms with Crippen LogP contribution >= 0.6 is 0 Å². The summed E-state index contributed by atoms with van der Waals surface area (Å²) in [5.41, 5.74) is 4.58. The molecule has 0 aliphatic rings. The summed E-state index contributed by atoms with van der Waals surface area (Å²) >= 11 is 0. The molecule has 0 saturated carbocycles. The number of nitrogens with zero attached hydrogens (tertiary/aromatic N) is 2. The van der Waals surface area contributed by atoms with Crippen LogP contribution < -0.4 is 5.32 Å². The fourth-order valence-electron chi connectivity index (χ4n) is 2.53. The molecule has 1 N–H and O–H groups in total. The molecule has 23 heavy (non-hydrogen) atoms. The van der Waals surface area contributed by atoms with Crippen molar-refractivity contribution in [1.82, 2.24) is 9.38 Å². The molecule has 2 heterocycles. The second-order valence-corrected chi connectivity index (χ2v) is 7.93.